The first-order valence-corrected chi connectivity index (χ1v) is 15.5. The summed E-state index contributed by atoms with van der Waals surface area (Å²) in [5.41, 5.74) is 0.544. The zero-order valence-electron chi connectivity index (χ0n) is 18.0. The molecule has 4 nitrogen and oxygen atoms in total. The molecule has 0 spiro atoms. The van der Waals surface area contributed by atoms with Crippen LogP contribution in [0.5, 0.6) is 5.75 Å². The lowest BCUT2D eigenvalue weighted by Gasteiger charge is -2.36. The van der Waals surface area contributed by atoms with Gasteiger partial charge in [0.25, 0.3) is 0 Å². The van der Waals surface area contributed by atoms with Crippen molar-refractivity contribution in [1.82, 2.24) is 0 Å². The molecule has 0 aliphatic rings. The van der Waals surface area contributed by atoms with Gasteiger partial charge in [0.05, 0.1) is 6.61 Å². The lowest BCUT2D eigenvalue weighted by molar-refractivity contribution is 0.203. The summed E-state index contributed by atoms with van der Waals surface area (Å²) < 4.78 is 31.2. The van der Waals surface area contributed by atoms with E-state index in [1.165, 1.54) is 18.3 Å². The van der Waals surface area contributed by atoms with E-state index in [0.29, 0.717) is 30.4 Å². The van der Waals surface area contributed by atoms with E-state index in [1.54, 1.807) is 6.07 Å². The summed E-state index contributed by atoms with van der Waals surface area (Å²) in [6.45, 7) is 21.8. The Morgan fingerprint density at radius 2 is 1.78 bits per heavy atom. The zero-order valence-corrected chi connectivity index (χ0v) is 20.0. The van der Waals surface area contributed by atoms with Crippen LogP contribution in [0.4, 0.5) is 4.39 Å². The van der Waals surface area contributed by atoms with Crippen molar-refractivity contribution >= 4 is 22.8 Å². The van der Waals surface area contributed by atoms with E-state index in [-0.39, 0.29) is 10.9 Å². The fourth-order valence-electron chi connectivity index (χ4n) is 1.94. The third-order valence-electron chi connectivity index (χ3n) is 4.35. The number of halogens is 1. The van der Waals surface area contributed by atoms with Gasteiger partial charge in [-0.3, -0.25) is 0 Å². The van der Waals surface area contributed by atoms with Crippen LogP contribution in [-0.2, 0) is 8.85 Å². The van der Waals surface area contributed by atoms with E-state index in [0.717, 1.165) is 0 Å². The monoisotopic (exact) mass is 411 g/mol. The third kappa shape index (κ3) is 8.40. The molecule has 0 bridgehead atoms. The summed E-state index contributed by atoms with van der Waals surface area (Å²) in [5, 5.41) is 0.150. The number of ether oxygens (including phenoxy) is 1. The molecule has 7 heteroatoms. The Kier molecular flexibility index (Phi) is 8.01. The predicted octanol–water partition coefficient (Wildman–Crippen LogP) is 5.97. The second-order valence-corrected chi connectivity index (χ2v) is 18.2. The maximum absolute atomic E-state index is 13.6. The molecule has 0 heterocycles. The van der Waals surface area contributed by atoms with Gasteiger partial charge >= 0.3 is 0 Å². The lowest BCUT2D eigenvalue weighted by atomic mass is 10.2. The van der Waals surface area contributed by atoms with Gasteiger partial charge < -0.3 is 13.6 Å². The largest absolute Gasteiger partial charge is 0.532 e. The minimum atomic E-state index is -1.81. The van der Waals surface area contributed by atoms with Crippen LogP contribution in [0.2, 0.25) is 37.8 Å². The van der Waals surface area contributed by atoms with Gasteiger partial charge in [-0.15, -0.1) is 0 Å². The van der Waals surface area contributed by atoms with Crippen LogP contribution >= 0.6 is 0 Å². The molecule has 0 aliphatic carbocycles. The van der Waals surface area contributed by atoms with Crippen molar-refractivity contribution in [2.24, 2.45) is 4.99 Å². The third-order valence-corrected chi connectivity index (χ3v) is 9.74. The van der Waals surface area contributed by atoms with E-state index >= 15 is 0 Å². The Labute approximate surface area is 165 Å². The normalized spacial score (nSPS) is 13.1. The van der Waals surface area contributed by atoms with Crippen molar-refractivity contribution in [2.75, 3.05) is 13.2 Å². The molecule has 0 N–H and O–H groups in total. The van der Waals surface area contributed by atoms with Gasteiger partial charge in [0.1, 0.15) is 18.2 Å². The van der Waals surface area contributed by atoms with Crippen LogP contribution in [0.15, 0.2) is 35.7 Å². The summed E-state index contributed by atoms with van der Waals surface area (Å²) in [5.74, 6) is 0.531. The molecule has 0 saturated carbocycles. The van der Waals surface area contributed by atoms with Gasteiger partial charge in [0.15, 0.2) is 14.2 Å². The number of hydrogen-bond acceptors (Lipinski definition) is 4. The van der Waals surface area contributed by atoms with Gasteiger partial charge in [0, 0.05) is 11.8 Å². The SMILES string of the molecule is C=C(/N=C/c1cc(F)ccc1OCCO[Si](C)(C)C(C)(C)C)O[Si](C)(C)C. The minimum absolute atomic E-state index is 0.150. The molecular formula is C20H34FNO3Si2. The van der Waals surface area contributed by atoms with Crippen molar-refractivity contribution < 1.29 is 18.0 Å². The molecule has 27 heavy (non-hydrogen) atoms. The first-order chi connectivity index (χ1) is 12.2. The Balaban J connectivity index is 2.73. The Hall–Kier alpha value is -1.45. The number of rotatable bonds is 9. The van der Waals surface area contributed by atoms with Crippen molar-refractivity contribution in [3.05, 3.63) is 42.0 Å². The smallest absolute Gasteiger partial charge is 0.244 e. The first-order valence-electron chi connectivity index (χ1n) is 9.19. The van der Waals surface area contributed by atoms with Gasteiger partial charge in [-0.2, -0.15) is 0 Å². The Morgan fingerprint density at radius 1 is 1.15 bits per heavy atom. The molecule has 0 fully saturated rings. The average Bonchev–Trinajstić information content (AvgIpc) is 2.48. The minimum Gasteiger partial charge on any atom is -0.532 e. The van der Waals surface area contributed by atoms with Crippen molar-refractivity contribution in [3.63, 3.8) is 0 Å². The summed E-state index contributed by atoms with van der Waals surface area (Å²) in [4.78, 5) is 4.20. The summed E-state index contributed by atoms with van der Waals surface area (Å²) in [6, 6.07) is 4.36. The van der Waals surface area contributed by atoms with Gasteiger partial charge in [-0.1, -0.05) is 20.8 Å². The Morgan fingerprint density at radius 3 is 2.33 bits per heavy atom. The first kappa shape index (κ1) is 23.6. The molecule has 1 aromatic carbocycles. The molecule has 1 aromatic rings. The summed E-state index contributed by atoms with van der Waals surface area (Å²) in [7, 11) is -3.58. The zero-order chi connectivity index (χ0) is 20.9. The number of aliphatic imine (C=N–C) groups is 1. The predicted molar refractivity (Wildman–Crippen MR) is 116 cm³/mol. The molecular weight excluding hydrogens is 377 g/mol. The van der Waals surface area contributed by atoms with Crippen molar-refractivity contribution in [3.8, 4) is 5.75 Å². The quantitative estimate of drug-likeness (QED) is 0.218. The highest BCUT2D eigenvalue weighted by atomic mass is 28.4. The second-order valence-electron chi connectivity index (χ2n) is 9.01. The van der Waals surface area contributed by atoms with E-state index in [2.05, 4.69) is 45.4 Å². The topological polar surface area (TPSA) is 40.0 Å². The lowest BCUT2D eigenvalue weighted by Crippen LogP contribution is -2.41. The molecule has 0 aromatic heterocycles. The van der Waals surface area contributed by atoms with Crippen LogP contribution in [0.3, 0.4) is 0 Å². The number of hydrogen-bond donors (Lipinski definition) is 0. The molecule has 0 unspecified atom stereocenters. The highest BCUT2D eigenvalue weighted by molar-refractivity contribution is 6.74. The molecule has 0 atom stereocenters. The number of benzene rings is 1. The van der Waals surface area contributed by atoms with Gasteiger partial charge in [-0.25, -0.2) is 9.38 Å². The number of nitrogens with zero attached hydrogens (tertiary/aromatic N) is 1. The molecule has 0 amide bonds. The summed E-state index contributed by atoms with van der Waals surface area (Å²) in [6.07, 6.45) is 1.52. The molecule has 152 valence electrons. The average molecular weight is 412 g/mol. The van der Waals surface area contributed by atoms with Crippen LogP contribution in [-0.4, -0.2) is 36.1 Å². The van der Waals surface area contributed by atoms with Gasteiger partial charge in [-0.05, 0) is 62.6 Å². The Bertz CT molecular complexity index is 677. The maximum Gasteiger partial charge on any atom is 0.244 e. The molecule has 0 saturated heterocycles. The maximum atomic E-state index is 13.6. The fourth-order valence-corrected chi connectivity index (χ4v) is 3.72. The fraction of sp³-hybridized carbons (Fsp3) is 0.550. The molecule has 0 radical (unpaired) electrons. The van der Waals surface area contributed by atoms with Crippen molar-refractivity contribution in [1.29, 1.82) is 0 Å². The van der Waals surface area contributed by atoms with Crippen molar-refractivity contribution in [2.45, 2.75) is 58.5 Å². The van der Waals surface area contributed by atoms with Crippen LogP contribution in [0, 0.1) is 5.82 Å². The van der Waals surface area contributed by atoms with E-state index in [9.17, 15) is 4.39 Å². The second kappa shape index (κ2) is 9.16. The highest BCUT2D eigenvalue weighted by Crippen LogP contribution is 2.36. The van der Waals surface area contributed by atoms with Crippen LogP contribution in [0.1, 0.15) is 26.3 Å². The highest BCUT2D eigenvalue weighted by Gasteiger charge is 2.36. The van der Waals surface area contributed by atoms with E-state index in [4.69, 9.17) is 13.6 Å². The van der Waals surface area contributed by atoms with Gasteiger partial charge in [0.2, 0.25) is 8.32 Å². The molecule has 0 aliphatic heterocycles. The van der Waals surface area contributed by atoms with Crippen LogP contribution < -0.4 is 4.74 Å². The molecule has 1 rings (SSSR count). The standard InChI is InChI=1S/C20H34FNO3Si2/c1-16(25-26(5,6)7)22-15-17-14-18(21)10-11-19(17)23-12-13-24-27(8,9)20(2,3)4/h10-11,14-15H,1,12-13H2,2-9H3/b22-15+. The van der Waals surface area contributed by atoms with Crippen LogP contribution in [0.25, 0.3) is 0 Å². The summed E-state index contributed by atoms with van der Waals surface area (Å²) >= 11 is 0. The van der Waals surface area contributed by atoms with E-state index < -0.39 is 16.6 Å². The van der Waals surface area contributed by atoms with E-state index in [1.807, 2.05) is 19.6 Å².